The first-order valence-electron chi connectivity index (χ1n) is 8.84. The van der Waals surface area contributed by atoms with Gasteiger partial charge in [0.05, 0.1) is 5.75 Å². The minimum absolute atomic E-state index is 0.000382. The SMILES string of the molecule is CC(=O)N(C)Cc1cccc(NC(=O)CSc2cccc3cccc(Cl)c23)c1. The highest BCUT2D eigenvalue weighted by Gasteiger charge is 2.10. The van der Waals surface area contributed by atoms with Crippen LogP contribution >= 0.6 is 23.4 Å². The Kier molecular flexibility index (Phi) is 6.60. The van der Waals surface area contributed by atoms with Gasteiger partial charge in [0.25, 0.3) is 0 Å². The summed E-state index contributed by atoms with van der Waals surface area (Å²) in [6.07, 6.45) is 0. The number of carbonyl (C=O) groups is 2. The van der Waals surface area contributed by atoms with Gasteiger partial charge < -0.3 is 10.2 Å². The number of hydrogen-bond acceptors (Lipinski definition) is 3. The fourth-order valence-corrected chi connectivity index (χ4v) is 4.10. The van der Waals surface area contributed by atoms with Crippen molar-refractivity contribution in [2.45, 2.75) is 18.4 Å². The van der Waals surface area contributed by atoms with E-state index in [1.807, 2.05) is 60.7 Å². The maximum Gasteiger partial charge on any atom is 0.234 e. The zero-order valence-electron chi connectivity index (χ0n) is 15.7. The molecule has 2 amide bonds. The summed E-state index contributed by atoms with van der Waals surface area (Å²) in [6, 6.07) is 19.3. The smallest absolute Gasteiger partial charge is 0.234 e. The molecule has 6 heteroatoms. The van der Waals surface area contributed by atoms with E-state index < -0.39 is 0 Å². The number of nitrogens with one attached hydrogen (secondary N) is 1. The number of benzene rings is 3. The lowest BCUT2D eigenvalue weighted by Crippen LogP contribution is -2.23. The first-order chi connectivity index (χ1) is 13.4. The van der Waals surface area contributed by atoms with E-state index in [2.05, 4.69) is 5.32 Å². The van der Waals surface area contributed by atoms with Crippen molar-refractivity contribution in [3.63, 3.8) is 0 Å². The predicted molar refractivity (Wildman–Crippen MR) is 117 cm³/mol. The molecule has 1 N–H and O–H groups in total. The van der Waals surface area contributed by atoms with E-state index >= 15 is 0 Å². The van der Waals surface area contributed by atoms with Crippen LogP contribution in [0, 0.1) is 0 Å². The van der Waals surface area contributed by atoms with Gasteiger partial charge in [-0.15, -0.1) is 11.8 Å². The zero-order valence-corrected chi connectivity index (χ0v) is 17.3. The molecular formula is C22H21ClN2O2S. The lowest BCUT2D eigenvalue weighted by Gasteiger charge is -2.15. The number of rotatable bonds is 6. The first kappa shape index (κ1) is 20.2. The molecule has 0 bridgehead atoms. The Morgan fingerprint density at radius 1 is 1.07 bits per heavy atom. The number of carbonyl (C=O) groups excluding carboxylic acids is 2. The summed E-state index contributed by atoms with van der Waals surface area (Å²) in [7, 11) is 1.75. The Morgan fingerprint density at radius 3 is 2.54 bits per heavy atom. The highest BCUT2D eigenvalue weighted by atomic mass is 35.5. The molecule has 0 atom stereocenters. The standard InChI is InChI=1S/C22H21ClN2O2S/c1-15(26)25(2)13-16-6-3-9-18(12-16)24-21(27)14-28-20-11-5-8-17-7-4-10-19(23)22(17)20/h3-12H,13-14H2,1-2H3,(H,24,27). The van der Waals surface area contributed by atoms with Crippen molar-refractivity contribution < 1.29 is 9.59 Å². The molecule has 0 fully saturated rings. The van der Waals surface area contributed by atoms with Crippen LogP contribution in [-0.4, -0.2) is 29.5 Å². The maximum absolute atomic E-state index is 12.4. The number of halogens is 1. The van der Waals surface area contributed by atoms with Crippen LogP contribution in [-0.2, 0) is 16.1 Å². The third-order valence-electron chi connectivity index (χ3n) is 4.34. The van der Waals surface area contributed by atoms with E-state index in [4.69, 9.17) is 11.6 Å². The molecule has 3 rings (SSSR count). The van der Waals surface area contributed by atoms with Crippen LogP contribution in [0.5, 0.6) is 0 Å². The van der Waals surface area contributed by atoms with E-state index in [0.29, 0.717) is 11.6 Å². The number of fused-ring (bicyclic) bond motifs is 1. The molecule has 0 heterocycles. The molecule has 0 aliphatic carbocycles. The van der Waals surface area contributed by atoms with Crippen LogP contribution in [0.15, 0.2) is 65.6 Å². The van der Waals surface area contributed by atoms with Crippen molar-refractivity contribution in [3.05, 3.63) is 71.2 Å². The van der Waals surface area contributed by atoms with Crippen LogP contribution in [0.2, 0.25) is 5.02 Å². The Hall–Kier alpha value is -2.50. The third kappa shape index (κ3) is 5.06. The molecule has 0 aliphatic heterocycles. The summed E-state index contributed by atoms with van der Waals surface area (Å²) in [6.45, 7) is 2.03. The second-order valence-electron chi connectivity index (χ2n) is 6.51. The maximum atomic E-state index is 12.4. The summed E-state index contributed by atoms with van der Waals surface area (Å²) in [5.41, 5.74) is 1.68. The van der Waals surface area contributed by atoms with Gasteiger partial charge in [-0.25, -0.2) is 0 Å². The van der Waals surface area contributed by atoms with Crippen LogP contribution in [0.4, 0.5) is 5.69 Å². The number of hydrogen-bond donors (Lipinski definition) is 1. The predicted octanol–water partition coefficient (Wildman–Crippen LogP) is 5.20. The van der Waals surface area contributed by atoms with Crippen LogP contribution in [0.25, 0.3) is 10.8 Å². The molecule has 3 aromatic rings. The molecule has 144 valence electrons. The summed E-state index contributed by atoms with van der Waals surface area (Å²) < 4.78 is 0. The second-order valence-corrected chi connectivity index (χ2v) is 7.93. The van der Waals surface area contributed by atoms with Crippen molar-refractivity contribution in [2.24, 2.45) is 0 Å². The molecule has 0 radical (unpaired) electrons. The van der Waals surface area contributed by atoms with Crippen LogP contribution in [0.1, 0.15) is 12.5 Å². The van der Waals surface area contributed by atoms with Crippen LogP contribution in [0.3, 0.4) is 0 Å². The highest BCUT2D eigenvalue weighted by molar-refractivity contribution is 8.00. The largest absolute Gasteiger partial charge is 0.342 e. The van der Waals surface area contributed by atoms with Gasteiger partial charge in [-0.05, 0) is 35.2 Å². The Bertz CT molecular complexity index is 1020. The van der Waals surface area contributed by atoms with Gasteiger partial charge in [0.2, 0.25) is 11.8 Å². The van der Waals surface area contributed by atoms with Crippen molar-refractivity contribution in [3.8, 4) is 0 Å². The molecule has 0 saturated heterocycles. The molecule has 28 heavy (non-hydrogen) atoms. The van der Waals surface area contributed by atoms with Gasteiger partial charge in [-0.2, -0.15) is 0 Å². The minimum atomic E-state index is -0.0915. The van der Waals surface area contributed by atoms with Crippen molar-refractivity contribution in [2.75, 3.05) is 18.1 Å². The number of amides is 2. The van der Waals surface area contributed by atoms with E-state index in [1.165, 1.54) is 18.7 Å². The highest BCUT2D eigenvalue weighted by Crippen LogP contribution is 2.33. The molecule has 4 nitrogen and oxygen atoms in total. The average Bonchev–Trinajstić information content (AvgIpc) is 2.66. The number of anilines is 1. The average molecular weight is 413 g/mol. The number of nitrogens with zero attached hydrogens (tertiary/aromatic N) is 1. The Morgan fingerprint density at radius 2 is 1.79 bits per heavy atom. The topological polar surface area (TPSA) is 49.4 Å². The Labute approximate surface area is 173 Å². The molecule has 0 aromatic heterocycles. The van der Waals surface area contributed by atoms with Gasteiger partial charge in [0, 0.05) is 41.5 Å². The van der Waals surface area contributed by atoms with Gasteiger partial charge in [0.15, 0.2) is 0 Å². The quantitative estimate of drug-likeness (QED) is 0.566. The normalized spacial score (nSPS) is 10.7. The fourth-order valence-electron chi connectivity index (χ4n) is 2.86. The summed E-state index contributed by atoms with van der Waals surface area (Å²) >= 11 is 7.81. The molecule has 0 spiro atoms. The fraction of sp³-hybridized carbons (Fsp3) is 0.182. The molecule has 3 aromatic carbocycles. The van der Waals surface area contributed by atoms with Crippen molar-refractivity contribution in [1.29, 1.82) is 0 Å². The Balaban J connectivity index is 1.65. The van der Waals surface area contributed by atoms with Gasteiger partial charge >= 0.3 is 0 Å². The van der Waals surface area contributed by atoms with Crippen LogP contribution < -0.4 is 5.32 Å². The minimum Gasteiger partial charge on any atom is -0.342 e. The molecule has 0 unspecified atom stereocenters. The monoisotopic (exact) mass is 412 g/mol. The van der Waals surface area contributed by atoms with Gasteiger partial charge in [0.1, 0.15) is 0 Å². The molecular weight excluding hydrogens is 392 g/mol. The van der Waals surface area contributed by atoms with E-state index in [1.54, 1.807) is 11.9 Å². The number of thioether (sulfide) groups is 1. The van der Waals surface area contributed by atoms with E-state index in [0.717, 1.165) is 26.9 Å². The molecule has 0 saturated carbocycles. The lowest BCUT2D eigenvalue weighted by atomic mass is 10.1. The first-order valence-corrected chi connectivity index (χ1v) is 10.2. The summed E-state index contributed by atoms with van der Waals surface area (Å²) in [5.74, 6) is 0.188. The van der Waals surface area contributed by atoms with Gasteiger partial charge in [-0.1, -0.05) is 48.0 Å². The van der Waals surface area contributed by atoms with Gasteiger partial charge in [-0.3, -0.25) is 9.59 Å². The third-order valence-corrected chi connectivity index (χ3v) is 5.72. The van der Waals surface area contributed by atoms with Crippen molar-refractivity contribution in [1.82, 2.24) is 4.90 Å². The molecule has 0 aliphatic rings. The van der Waals surface area contributed by atoms with E-state index in [9.17, 15) is 9.59 Å². The zero-order chi connectivity index (χ0) is 20.1. The second kappa shape index (κ2) is 9.13. The summed E-state index contributed by atoms with van der Waals surface area (Å²) in [5, 5.41) is 5.63. The summed E-state index contributed by atoms with van der Waals surface area (Å²) in [4.78, 5) is 26.4. The lowest BCUT2D eigenvalue weighted by molar-refractivity contribution is -0.128. The van der Waals surface area contributed by atoms with Crippen molar-refractivity contribution >= 4 is 51.6 Å². The van der Waals surface area contributed by atoms with E-state index in [-0.39, 0.29) is 17.6 Å².